The number of hydrogen-bond acceptors (Lipinski definition) is 4. The molecule has 3 aromatic rings. The number of likely N-dealkylation sites (N-methyl/N-ethyl adjacent to an activating group) is 1. The maximum atomic E-state index is 13.5. The monoisotopic (exact) mass is 509 g/mol. The predicted octanol–water partition coefficient (Wildman–Crippen LogP) is 4.29. The van der Waals surface area contributed by atoms with Crippen molar-refractivity contribution in [1.29, 1.82) is 0 Å². The van der Waals surface area contributed by atoms with Gasteiger partial charge in [-0.2, -0.15) is 0 Å². The van der Waals surface area contributed by atoms with Crippen molar-refractivity contribution in [2.24, 2.45) is 0 Å². The van der Waals surface area contributed by atoms with Crippen molar-refractivity contribution in [3.05, 3.63) is 110 Å². The van der Waals surface area contributed by atoms with Gasteiger partial charge in [-0.25, -0.2) is 0 Å². The van der Waals surface area contributed by atoms with E-state index in [1.807, 2.05) is 54.6 Å². The molecule has 0 heterocycles. The Labute approximate surface area is 200 Å². The van der Waals surface area contributed by atoms with Crippen LogP contribution in [0.15, 0.2) is 83.3 Å². The largest absolute Gasteiger partial charge is 0.357 e. The highest BCUT2D eigenvalue weighted by Crippen LogP contribution is 2.22. The van der Waals surface area contributed by atoms with E-state index in [0.717, 1.165) is 15.6 Å². The summed E-state index contributed by atoms with van der Waals surface area (Å²) in [7, 11) is 1.53. The van der Waals surface area contributed by atoms with Crippen molar-refractivity contribution >= 4 is 33.4 Å². The lowest BCUT2D eigenvalue weighted by Crippen LogP contribution is -2.50. The van der Waals surface area contributed by atoms with Gasteiger partial charge in [0.25, 0.3) is 5.69 Å². The fourth-order valence-corrected chi connectivity index (χ4v) is 3.87. The van der Waals surface area contributed by atoms with Crippen LogP contribution in [0.2, 0.25) is 0 Å². The van der Waals surface area contributed by atoms with Crippen molar-refractivity contribution in [3.63, 3.8) is 0 Å². The van der Waals surface area contributed by atoms with E-state index in [-0.39, 0.29) is 30.5 Å². The van der Waals surface area contributed by atoms with E-state index in [1.165, 1.54) is 18.0 Å². The minimum absolute atomic E-state index is 0.117. The summed E-state index contributed by atoms with van der Waals surface area (Å²) in [6.45, 7) is 0.192. The van der Waals surface area contributed by atoms with E-state index >= 15 is 0 Å². The van der Waals surface area contributed by atoms with Gasteiger partial charge in [0, 0.05) is 36.1 Å². The maximum Gasteiger partial charge on any atom is 0.273 e. The Balaban J connectivity index is 1.97. The van der Waals surface area contributed by atoms with Crippen LogP contribution in [0, 0.1) is 10.1 Å². The molecule has 33 heavy (non-hydrogen) atoms. The topological polar surface area (TPSA) is 92.6 Å². The molecule has 0 saturated carbocycles. The second kappa shape index (κ2) is 11.4. The average molecular weight is 510 g/mol. The van der Waals surface area contributed by atoms with Crippen LogP contribution >= 0.6 is 15.9 Å². The molecule has 170 valence electrons. The number of benzene rings is 3. The number of nitro groups is 1. The number of nitrogens with zero attached hydrogens (tertiary/aromatic N) is 2. The van der Waals surface area contributed by atoms with E-state index in [1.54, 1.807) is 18.2 Å². The number of halogens is 1. The Morgan fingerprint density at radius 3 is 2.24 bits per heavy atom. The number of nitro benzene ring substituents is 1. The minimum atomic E-state index is -0.781. The zero-order valence-electron chi connectivity index (χ0n) is 18.1. The number of carbonyl (C=O) groups is 2. The minimum Gasteiger partial charge on any atom is -0.357 e. The van der Waals surface area contributed by atoms with Gasteiger partial charge in [0.1, 0.15) is 6.04 Å². The Kier molecular flexibility index (Phi) is 8.32. The molecule has 7 nitrogen and oxygen atoms in total. The maximum absolute atomic E-state index is 13.5. The summed E-state index contributed by atoms with van der Waals surface area (Å²) in [6, 6.07) is 22.3. The summed E-state index contributed by atoms with van der Waals surface area (Å²) < 4.78 is 0.899. The molecular formula is C25H24BrN3O4. The van der Waals surface area contributed by atoms with Gasteiger partial charge in [-0.3, -0.25) is 19.7 Å². The van der Waals surface area contributed by atoms with Gasteiger partial charge < -0.3 is 10.2 Å². The SMILES string of the molecule is CNC(=O)[C@H](Cc1ccccc1)N(Cc1ccc(Br)cc1)C(=O)Cc1ccccc1[N+](=O)[O-]. The first-order valence-electron chi connectivity index (χ1n) is 10.4. The number of hydrogen-bond donors (Lipinski definition) is 1. The van der Waals surface area contributed by atoms with Gasteiger partial charge in [0.05, 0.1) is 11.3 Å². The molecule has 1 atom stereocenters. The molecule has 0 radical (unpaired) electrons. The van der Waals surface area contributed by atoms with Crippen LogP contribution < -0.4 is 5.32 Å². The molecule has 8 heteroatoms. The number of rotatable bonds is 9. The molecule has 0 aromatic heterocycles. The number of para-hydroxylation sites is 1. The van der Waals surface area contributed by atoms with E-state index < -0.39 is 11.0 Å². The van der Waals surface area contributed by atoms with Crippen molar-refractivity contribution in [2.75, 3.05) is 7.05 Å². The molecule has 0 spiro atoms. The molecule has 2 amide bonds. The second-order valence-electron chi connectivity index (χ2n) is 7.53. The summed E-state index contributed by atoms with van der Waals surface area (Å²) in [5.41, 5.74) is 1.94. The number of carbonyl (C=O) groups excluding carboxylic acids is 2. The number of nitrogens with one attached hydrogen (secondary N) is 1. The summed E-state index contributed by atoms with van der Waals surface area (Å²) in [6.07, 6.45) is 0.135. The molecule has 0 unspecified atom stereocenters. The van der Waals surface area contributed by atoms with E-state index in [9.17, 15) is 19.7 Å². The smallest absolute Gasteiger partial charge is 0.273 e. The van der Waals surface area contributed by atoms with Crippen LogP contribution in [-0.2, 0) is 29.0 Å². The van der Waals surface area contributed by atoms with Gasteiger partial charge in [-0.15, -0.1) is 0 Å². The van der Waals surface area contributed by atoms with Crippen LogP contribution in [0.3, 0.4) is 0 Å². The quantitative estimate of drug-likeness (QED) is 0.344. The van der Waals surface area contributed by atoms with Crippen LogP contribution in [0.25, 0.3) is 0 Å². The van der Waals surface area contributed by atoms with Crippen molar-refractivity contribution in [2.45, 2.75) is 25.4 Å². The first-order valence-corrected chi connectivity index (χ1v) is 11.2. The lowest BCUT2D eigenvalue weighted by molar-refractivity contribution is -0.385. The fraction of sp³-hybridized carbons (Fsp3) is 0.200. The Bertz CT molecular complexity index is 1120. The fourth-order valence-electron chi connectivity index (χ4n) is 3.61. The Hall–Kier alpha value is -3.52. The van der Waals surface area contributed by atoms with Gasteiger partial charge in [0.2, 0.25) is 11.8 Å². The van der Waals surface area contributed by atoms with E-state index in [2.05, 4.69) is 21.2 Å². The van der Waals surface area contributed by atoms with Crippen molar-refractivity contribution in [1.82, 2.24) is 10.2 Å². The summed E-state index contributed by atoms with van der Waals surface area (Å²) in [4.78, 5) is 38.9. The molecule has 0 aliphatic rings. The average Bonchev–Trinajstić information content (AvgIpc) is 2.82. The third-order valence-corrected chi connectivity index (χ3v) is 5.84. The van der Waals surface area contributed by atoms with Gasteiger partial charge in [0.15, 0.2) is 0 Å². The van der Waals surface area contributed by atoms with Gasteiger partial charge in [-0.1, -0.05) is 76.6 Å². The van der Waals surface area contributed by atoms with Crippen LogP contribution in [0.5, 0.6) is 0 Å². The van der Waals surface area contributed by atoms with Crippen molar-refractivity contribution < 1.29 is 14.5 Å². The lowest BCUT2D eigenvalue weighted by atomic mass is 10.0. The molecule has 1 N–H and O–H groups in total. The van der Waals surface area contributed by atoms with Crippen molar-refractivity contribution in [3.8, 4) is 0 Å². The molecule has 0 fully saturated rings. The second-order valence-corrected chi connectivity index (χ2v) is 8.45. The van der Waals surface area contributed by atoms with E-state index in [4.69, 9.17) is 0 Å². The third kappa shape index (κ3) is 6.49. The molecule has 0 aliphatic carbocycles. The predicted molar refractivity (Wildman–Crippen MR) is 129 cm³/mol. The third-order valence-electron chi connectivity index (χ3n) is 5.31. The molecular weight excluding hydrogens is 486 g/mol. The van der Waals surface area contributed by atoms with Crippen LogP contribution in [0.4, 0.5) is 5.69 Å². The van der Waals surface area contributed by atoms with E-state index in [0.29, 0.717) is 12.0 Å². The highest BCUT2D eigenvalue weighted by Gasteiger charge is 2.31. The lowest BCUT2D eigenvalue weighted by Gasteiger charge is -2.31. The zero-order chi connectivity index (χ0) is 23.8. The molecule has 0 bridgehead atoms. The van der Waals surface area contributed by atoms with Gasteiger partial charge in [-0.05, 0) is 23.3 Å². The summed E-state index contributed by atoms with van der Waals surface area (Å²) in [5, 5.41) is 14.1. The molecule has 3 aromatic carbocycles. The van der Waals surface area contributed by atoms with Crippen LogP contribution in [-0.4, -0.2) is 34.7 Å². The normalized spacial score (nSPS) is 11.5. The summed E-state index contributed by atoms with van der Waals surface area (Å²) in [5.74, 6) is -0.663. The Morgan fingerprint density at radius 1 is 0.970 bits per heavy atom. The first kappa shape index (κ1) is 24.1. The molecule has 0 aliphatic heterocycles. The summed E-state index contributed by atoms with van der Waals surface area (Å²) >= 11 is 3.41. The molecule has 3 rings (SSSR count). The Morgan fingerprint density at radius 2 is 1.61 bits per heavy atom. The number of amides is 2. The highest BCUT2D eigenvalue weighted by atomic mass is 79.9. The van der Waals surface area contributed by atoms with Gasteiger partial charge >= 0.3 is 0 Å². The molecule has 0 saturated heterocycles. The zero-order valence-corrected chi connectivity index (χ0v) is 19.7. The highest BCUT2D eigenvalue weighted by molar-refractivity contribution is 9.10. The van der Waals surface area contributed by atoms with Crippen LogP contribution in [0.1, 0.15) is 16.7 Å². The first-order chi connectivity index (χ1) is 15.9. The standard InChI is InChI=1S/C25H24BrN3O4/c1-27-25(31)23(15-18-7-3-2-4-8-18)28(17-19-11-13-21(26)14-12-19)24(30)16-20-9-5-6-10-22(20)29(32)33/h2-14,23H,15-17H2,1H3,(H,27,31)/t23-/m0/s1.